The van der Waals surface area contributed by atoms with E-state index in [-0.39, 0.29) is 29.5 Å². The zero-order valence-electron chi connectivity index (χ0n) is 50.7. The first-order valence-corrected chi connectivity index (χ1v) is 32.0. The highest BCUT2D eigenvalue weighted by atomic mass is 16.3. The molecular formula is C67H76N18O5. The molecule has 2 aliphatic carbocycles. The Morgan fingerprint density at radius 2 is 0.867 bits per heavy atom. The Balaban J connectivity index is 0.697. The molecule has 2 aliphatic heterocycles. The van der Waals surface area contributed by atoms with Gasteiger partial charge < -0.3 is 39.4 Å². The number of aryl methyl sites for hydroxylation is 4. The summed E-state index contributed by atoms with van der Waals surface area (Å²) in [6.07, 6.45) is 5.82. The molecule has 4 N–H and O–H groups in total. The van der Waals surface area contributed by atoms with Gasteiger partial charge in [0.2, 0.25) is 11.9 Å². The standard InChI is InChI=1S/C67H76N18O5/c1-3-56-74-78-84(76-56)54-35-52(60(87)62(54)89)82-39-68-58-50(27-25-48(43-17-9-5-10-18-43)44-19-11-6-12-20-44)70-66(72-64(58)82)80-31-29-41(37-80)33-47(86)34-42-30-32-81(38-42)67-71-51(28-26-49(45-21-13-7-14-22-45)46-23-15-8-16-24-46)59-65(73-67)83(40-69-59)53-36-55(63(90)61(53)88)85-77-57(4-2)75-79-85/h5-24,39-42,48-49,52-55,60-63,87-90H,3-4,25-38H2,1-2H3/t41-,42-,52+,53+,54-,55-,60-,61-,62+,63+/m0/s1. The Kier molecular flexibility index (Phi) is 16.8. The third-order valence-electron chi connectivity index (χ3n) is 19.4. The molecule has 23 nitrogen and oxygen atoms in total. The summed E-state index contributed by atoms with van der Waals surface area (Å²) in [6.45, 7) is 6.43. The number of anilines is 2. The van der Waals surface area contributed by atoms with Gasteiger partial charge in [-0.3, -0.25) is 4.79 Å². The summed E-state index contributed by atoms with van der Waals surface area (Å²) in [5.41, 5.74) is 8.87. The van der Waals surface area contributed by atoms with Crippen molar-refractivity contribution in [1.29, 1.82) is 0 Å². The van der Waals surface area contributed by atoms with Gasteiger partial charge in [0.05, 0.1) is 36.1 Å². The number of hydrogen-bond acceptors (Lipinski definition) is 19. The normalized spacial score (nSPS) is 23.6. The summed E-state index contributed by atoms with van der Waals surface area (Å²) >= 11 is 0. The molecule has 4 aromatic carbocycles. The van der Waals surface area contributed by atoms with Crippen molar-refractivity contribution in [3.05, 3.63) is 179 Å². The fraction of sp³-hybridized carbons (Fsp3) is 0.448. The third-order valence-corrected chi connectivity index (χ3v) is 19.4. The Labute approximate surface area is 520 Å². The molecule has 14 rings (SSSR count). The molecule has 0 amide bonds. The number of tetrazole rings is 2. The Bertz CT molecular complexity index is 3730. The first-order chi connectivity index (χ1) is 44.0. The number of ketones is 1. The zero-order chi connectivity index (χ0) is 61.4. The third kappa shape index (κ3) is 11.7. The molecule has 2 saturated heterocycles. The Morgan fingerprint density at radius 3 is 1.22 bits per heavy atom. The van der Waals surface area contributed by atoms with Crippen molar-refractivity contribution in [2.24, 2.45) is 11.8 Å². The van der Waals surface area contributed by atoms with Gasteiger partial charge in [0.1, 0.15) is 53.3 Å². The number of nitrogens with zero attached hydrogens (tertiary/aromatic N) is 18. The molecule has 8 heterocycles. The fourth-order valence-electron chi connectivity index (χ4n) is 14.5. The van der Waals surface area contributed by atoms with Crippen molar-refractivity contribution < 1.29 is 25.2 Å². The predicted molar refractivity (Wildman–Crippen MR) is 335 cm³/mol. The van der Waals surface area contributed by atoms with Crippen LogP contribution in [0.3, 0.4) is 0 Å². The highest BCUT2D eigenvalue weighted by molar-refractivity contribution is 5.80. The van der Waals surface area contributed by atoms with E-state index in [2.05, 4.69) is 138 Å². The predicted octanol–water partition coefficient (Wildman–Crippen LogP) is 7.11. The van der Waals surface area contributed by atoms with Gasteiger partial charge in [0, 0.05) is 63.7 Å². The van der Waals surface area contributed by atoms with E-state index in [1.807, 2.05) is 47.2 Å². The number of rotatable bonds is 22. The van der Waals surface area contributed by atoms with Crippen LogP contribution in [0.4, 0.5) is 11.9 Å². The maximum Gasteiger partial charge on any atom is 0.227 e. The molecule has 0 bridgehead atoms. The molecule has 0 spiro atoms. The minimum absolute atomic E-state index is 0.0845. The number of benzene rings is 4. The van der Waals surface area contributed by atoms with Gasteiger partial charge in [-0.1, -0.05) is 135 Å². The molecule has 4 aliphatic rings. The average Bonchev–Trinajstić information content (AvgIpc) is 1.97. The molecule has 0 radical (unpaired) electrons. The fourth-order valence-corrected chi connectivity index (χ4v) is 14.5. The number of carbonyl (C=O) groups is 1. The van der Waals surface area contributed by atoms with E-state index in [0.29, 0.717) is 123 Å². The van der Waals surface area contributed by atoms with Gasteiger partial charge in [-0.25, -0.2) is 19.9 Å². The number of hydrogen-bond donors (Lipinski definition) is 4. The summed E-state index contributed by atoms with van der Waals surface area (Å²) in [5.74, 6) is 2.80. The molecule has 90 heavy (non-hydrogen) atoms. The summed E-state index contributed by atoms with van der Waals surface area (Å²) in [6, 6.07) is 39.8. The largest absolute Gasteiger partial charge is 0.388 e. The van der Waals surface area contributed by atoms with Crippen molar-refractivity contribution in [1.82, 2.24) is 79.5 Å². The summed E-state index contributed by atoms with van der Waals surface area (Å²) in [7, 11) is 0. The molecule has 2 saturated carbocycles. The number of fused-ring (bicyclic) bond motifs is 2. The van der Waals surface area contributed by atoms with Gasteiger partial charge in [0.25, 0.3) is 0 Å². The van der Waals surface area contributed by atoms with Crippen LogP contribution in [-0.4, -0.2) is 156 Å². The van der Waals surface area contributed by atoms with Crippen molar-refractivity contribution in [3.63, 3.8) is 0 Å². The molecule has 10 atom stereocenters. The minimum Gasteiger partial charge on any atom is -0.388 e. The van der Waals surface area contributed by atoms with Gasteiger partial charge in [-0.15, -0.1) is 20.4 Å². The topological polar surface area (TPSA) is 279 Å². The molecule has 4 fully saturated rings. The zero-order valence-corrected chi connectivity index (χ0v) is 50.7. The highest BCUT2D eigenvalue weighted by Crippen LogP contribution is 2.43. The smallest absolute Gasteiger partial charge is 0.227 e. The van der Waals surface area contributed by atoms with E-state index in [0.717, 1.165) is 37.1 Å². The van der Waals surface area contributed by atoms with E-state index in [1.165, 1.54) is 31.8 Å². The van der Waals surface area contributed by atoms with Gasteiger partial charge in [-0.05, 0) is 95.9 Å². The molecule has 6 aromatic heterocycles. The number of imidazole rings is 2. The molecule has 464 valence electrons. The van der Waals surface area contributed by atoms with Crippen molar-refractivity contribution in [2.45, 2.75) is 151 Å². The Hall–Kier alpha value is -8.77. The van der Waals surface area contributed by atoms with Crippen LogP contribution in [0, 0.1) is 11.8 Å². The lowest BCUT2D eigenvalue weighted by Crippen LogP contribution is -2.31. The van der Waals surface area contributed by atoms with E-state index >= 15 is 0 Å². The number of Topliss-reactive ketones (excluding diaryl/α,β-unsaturated/α-hetero) is 1. The number of aliphatic hydroxyl groups is 4. The van der Waals surface area contributed by atoms with E-state index < -0.39 is 48.6 Å². The lowest BCUT2D eigenvalue weighted by atomic mass is 9.87. The van der Waals surface area contributed by atoms with E-state index in [4.69, 9.17) is 29.9 Å². The van der Waals surface area contributed by atoms with E-state index in [9.17, 15) is 25.2 Å². The Morgan fingerprint density at radius 1 is 0.500 bits per heavy atom. The van der Waals surface area contributed by atoms with Gasteiger partial charge in [0.15, 0.2) is 22.9 Å². The van der Waals surface area contributed by atoms with Crippen LogP contribution in [-0.2, 0) is 30.5 Å². The minimum atomic E-state index is -1.15. The average molecular weight is 1210 g/mol. The van der Waals surface area contributed by atoms with Crippen molar-refractivity contribution >= 4 is 40.0 Å². The van der Waals surface area contributed by atoms with Crippen molar-refractivity contribution in [2.75, 3.05) is 36.0 Å². The SMILES string of the molecule is CCc1nnn([C@H]2C[C@@H](n3cnc4c(CCC(c5ccccc5)c5ccccc5)nc(N5CC[C@@H](CC(=O)C[C@@H]6CCN(c7nc(CCC(c8ccccc8)c8ccccc8)c8ncn([C@@H]9C[C@H](n%10nnc(CC)n%10)[C@@H](O)[C@H]9O)c8n7)C6)C5)nc43)[C@H](O)[C@@H]2O)n1. The summed E-state index contributed by atoms with van der Waals surface area (Å²) in [5, 5.41) is 72.1. The second-order valence-corrected chi connectivity index (χ2v) is 25.0. The lowest BCUT2D eigenvalue weighted by molar-refractivity contribution is -0.120. The van der Waals surface area contributed by atoms with Crippen LogP contribution in [0.1, 0.15) is 147 Å². The maximum absolute atomic E-state index is 14.3. The molecule has 0 unspecified atom stereocenters. The number of aliphatic hydroxyl groups excluding tert-OH is 4. The molecule has 10 aromatic rings. The maximum atomic E-state index is 14.3. The number of aromatic nitrogens is 16. The first kappa shape index (κ1) is 58.9. The molecular weight excluding hydrogens is 1140 g/mol. The first-order valence-electron chi connectivity index (χ1n) is 32.0. The van der Waals surface area contributed by atoms with Crippen LogP contribution < -0.4 is 9.80 Å². The van der Waals surface area contributed by atoms with Crippen LogP contribution >= 0.6 is 0 Å². The highest BCUT2D eigenvalue weighted by Gasteiger charge is 2.47. The van der Waals surface area contributed by atoms with Crippen LogP contribution in [0.15, 0.2) is 134 Å². The summed E-state index contributed by atoms with van der Waals surface area (Å²) < 4.78 is 3.77. The van der Waals surface area contributed by atoms with Crippen LogP contribution in [0.5, 0.6) is 0 Å². The molecule has 23 heteroatoms. The van der Waals surface area contributed by atoms with Gasteiger partial charge >= 0.3 is 0 Å². The quantitative estimate of drug-likeness (QED) is 0.0526. The van der Waals surface area contributed by atoms with Crippen LogP contribution in [0.2, 0.25) is 0 Å². The lowest BCUT2D eigenvalue weighted by Gasteiger charge is -2.22. The second kappa shape index (κ2) is 25.6. The monoisotopic (exact) mass is 1210 g/mol. The summed E-state index contributed by atoms with van der Waals surface area (Å²) in [4.78, 5) is 52.5. The number of carbonyl (C=O) groups excluding carboxylic acids is 1. The van der Waals surface area contributed by atoms with E-state index in [1.54, 1.807) is 12.7 Å². The van der Waals surface area contributed by atoms with Crippen molar-refractivity contribution in [3.8, 4) is 0 Å². The second-order valence-electron chi connectivity index (χ2n) is 25.0. The van der Waals surface area contributed by atoms with Gasteiger partial charge in [-0.2, -0.15) is 19.6 Å². The van der Waals surface area contributed by atoms with Crippen LogP contribution in [0.25, 0.3) is 22.3 Å².